The summed E-state index contributed by atoms with van der Waals surface area (Å²) in [6, 6.07) is 0. The van der Waals surface area contributed by atoms with Gasteiger partial charge in [-0.2, -0.15) is 0 Å². The lowest BCUT2D eigenvalue weighted by Gasteiger charge is -2.05. The van der Waals surface area contributed by atoms with Crippen LogP contribution in [0.2, 0.25) is 0 Å². The average Bonchev–Trinajstić information content (AvgIpc) is 1.62. The highest BCUT2D eigenvalue weighted by molar-refractivity contribution is 5.81. The van der Waals surface area contributed by atoms with E-state index < -0.39 is 5.89 Å². The van der Waals surface area contributed by atoms with E-state index in [4.69, 9.17) is 1.37 Å². The summed E-state index contributed by atoms with van der Waals surface area (Å²) in [5.41, 5.74) is 0. The molecule has 0 rings (SSSR count). The van der Waals surface area contributed by atoms with Gasteiger partial charge in [0.1, 0.15) is 5.78 Å². The number of carbonyl (C=O) groups is 1. The summed E-state index contributed by atoms with van der Waals surface area (Å²) in [5.74, 6) is -0.922. The van der Waals surface area contributed by atoms with Gasteiger partial charge in [0.2, 0.25) is 0 Å². The quantitative estimate of drug-likeness (QED) is 0.537. The highest BCUT2D eigenvalue weighted by atomic mass is 16.1. The van der Waals surface area contributed by atoms with Crippen molar-refractivity contribution in [1.82, 2.24) is 0 Å². The van der Waals surface area contributed by atoms with Gasteiger partial charge in [0.25, 0.3) is 0 Å². The Morgan fingerprint density at radius 2 is 1.75 bits per heavy atom. The van der Waals surface area contributed by atoms with E-state index in [9.17, 15) is 4.79 Å². The molecule has 0 unspecified atom stereocenters. The van der Waals surface area contributed by atoms with Crippen LogP contribution in [0, 0.1) is 11.8 Å². The Balaban J connectivity index is 4.06. The van der Waals surface area contributed by atoms with Crippen LogP contribution in [0.3, 0.4) is 0 Å². The topological polar surface area (TPSA) is 17.1 Å². The second-order valence-electron chi connectivity index (χ2n) is 2.52. The van der Waals surface area contributed by atoms with Gasteiger partial charge < -0.3 is 0 Å². The number of carbonyl (C=O) groups excluding carboxylic acids is 1. The number of hydrogen-bond donors (Lipinski definition) is 0. The molecule has 0 N–H and O–H groups in total. The van der Waals surface area contributed by atoms with E-state index in [-0.39, 0.29) is 11.7 Å². The predicted octanol–water partition coefficient (Wildman–Crippen LogP) is 1.87. The lowest BCUT2D eigenvalue weighted by molar-refractivity contribution is -0.124. The average molecular weight is 115 g/mol. The summed E-state index contributed by atoms with van der Waals surface area (Å²) in [4.78, 5) is 11.0. The number of rotatable bonds is 2. The molecule has 0 amide bonds. The van der Waals surface area contributed by atoms with Gasteiger partial charge in [-0.1, -0.05) is 27.7 Å². The van der Waals surface area contributed by atoms with Crippen LogP contribution in [0.25, 0.3) is 0 Å². The van der Waals surface area contributed by atoms with Crippen LogP contribution in [0.5, 0.6) is 0 Å². The molecule has 0 spiro atoms. The third-order valence-corrected chi connectivity index (χ3v) is 1.02. The fourth-order valence-electron chi connectivity index (χ4n) is 0.577. The lowest BCUT2D eigenvalue weighted by atomic mass is 9.99. The highest BCUT2D eigenvalue weighted by Crippen LogP contribution is 2.03. The maximum atomic E-state index is 11.0. The third kappa shape index (κ3) is 2.10. The van der Waals surface area contributed by atoms with Gasteiger partial charge in [-0.25, -0.2) is 0 Å². The van der Waals surface area contributed by atoms with Gasteiger partial charge in [0.05, 0.1) is 0 Å². The predicted molar refractivity (Wildman–Crippen MR) is 34.7 cm³/mol. The van der Waals surface area contributed by atoms with Crippen LogP contribution in [-0.4, -0.2) is 5.78 Å². The smallest absolute Gasteiger partial charge is 0.137 e. The summed E-state index contributed by atoms with van der Waals surface area (Å²) in [5, 5.41) is 0. The van der Waals surface area contributed by atoms with Crippen LogP contribution in [0.15, 0.2) is 0 Å². The number of hydrogen-bond acceptors (Lipinski definition) is 1. The second kappa shape index (κ2) is 2.85. The molecule has 48 valence electrons. The van der Waals surface area contributed by atoms with Gasteiger partial charge in [0.15, 0.2) is 0 Å². The minimum absolute atomic E-state index is 0.00231. The van der Waals surface area contributed by atoms with Gasteiger partial charge in [0, 0.05) is 13.2 Å². The van der Waals surface area contributed by atoms with Crippen molar-refractivity contribution in [2.75, 3.05) is 0 Å². The van der Waals surface area contributed by atoms with Crippen LogP contribution >= 0.6 is 0 Å². The SMILES string of the molecule is [2H]C(C)(C)C(=O)C(C)C. The molecular weight excluding hydrogens is 100 g/mol. The Morgan fingerprint density at radius 3 is 1.75 bits per heavy atom. The summed E-state index contributed by atoms with van der Waals surface area (Å²) in [7, 11) is 0. The first-order valence-corrected chi connectivity index (χ1v) is 2.90. The fraction of sp³-hybridized carbons (Fsp3) is 0.857. The molecule has 1 heteroatoms. The van der Waals surface area contributed by atoms with Gasteiger partial charge >= 0.3 is 0 Å². The monoisotopic (exact) mass is 115 g/mol. The van der Waals surface area contributed by atoms with Crippen molar-refractivity contribution in [2.24, 2.45) is 11.8 Å². The van der Waals surface area contributed by atoms with Crippen molar-refractivity contribution in [1.29, 1.82) is 0 Å². The maximum Gasteiger partial charge on any atom is 0.137 e. The Hall–Kier alpha value is -0.330. The van der Waals surface area contributed by atoms with E-state index in [0.717, 1.165) is 0 Å². The van der Waals surface area contributed by atoms with Crippen LogP contribution in [0.4, 0.5) is 0 Å². The van der Waals surface area contributed by atoms with Crippen LogP contribution in [-0.2, 0) is 4.79 Å². The zero-order valence-corrected chi connectivity index (χ0v) is 5.99. The van der Waals surface area contributed by atoms with E-state index in [2.05, 4.69) is 0 Å². The first kappa shape index (κ1) is 5.80. The minimum Gasteiger partial charge on any atom is -0.299 e. The van der Waals surface area contributed by atoms with E-state index in [1.165, 1.54) is 0 Å². The van der Waals surface area contributed by atoms with E-state index in [0.29, 0.717) is 0 Å². The maximum absolute atomic E-state index is 11.0. The summed E-state index contributed by atoms with van der Waals surface area (Å²) in [6.07, 6.45) is 0. The molecule has 0 aromatic carbocycles. The zero-order chi connectivity index (χ0) is 7.65. The molecule has 0 aromatic rings. The van der Waals surface area contributed by atoms with Gasteiger partial charge in [-0.05, 0) is 0 Å². The van der Waals surface area contributed by atoms with Crippen molar-refractivity contribution >= 4 is 5.78 Å². The Bertz CT molecular complexity index is 111. The fourth-order valence-corrected chi connectivity index (χ4v) is 0.577. The van der Waals surface area contributed by atoms with E-state index in [1.54, 1.807) is 13.8 Å². The number of Topliss-reactive ketones (excluding diaryl/α,β-unsaturated/α-hetero) is 1. The first-order chi connectivity index (χ1) is 3.85. The molecular formula is C7H14O. The van der Waals surface area contributed by atoms with Crippen LogP contribution < -0.4 is 0 Å². The Kier molecular flexibility index (Phi) is 2.07. The molecule has 0 aliphatic heterocycles. The lowest BCUT2D eigenvalue weighted by Crippen LogP contribution is -2.13. The molecule has 0 radical (unpaired) electrons. The molecule has 8 heavy (non-hydrogen) atoms. The number of ketones is 1. The molecule has 0 aromatic heterocycles. The van der Waals surface area contributed by atoms with Crippen molar-refractivity contribution in [3.05, 3.63) is 0 Å². The molecule has 0 aliphatic rings. The standard InChI is InChI=1S/C7H14O/c1-5(2)7(8)6(3)4/h5-6H,1-4H3/i5D. The van der Waals surface area contributed by atoms with Gasteiger partial charge in [-0.15, -0.1) is 0 Å². The third-order valence-electron chi connectivity index (χ3n) is 1.02. The largest absolute Gasteiger partial charge is 0.299 e. The second-order valence-corrected chi connectivity index (χ2v) is 2.52. The minimum atomic E-state index is -0.909. The molecule has 0 saturated carbocycles. The molecule has 0 heterocycles. The normalized spacial score (nSPS) is 13.9. The Labute approximate surface area is 52.5 Å². The first-order valence-electron chi connectivity index (χ1n) is 3.40. The van der Waals surface area contributed by atoms with Crippen molar-refractivity contribution in [2.45, 2.75) is 27.7 Å². The molecule has 0 aliphatic carbocycles. The van der Waals surface area contributed by atoms with Crippen molar-refractivity contribution < 1.29 is 6.17 Å². The highest BCUT2D eigenvalue weighted by Gasteiger charge is 2.09. The summed E-state index contributed by atoms with van der Waals surface area (Å²) >= 11 is 0. The molecule has 0 bridgehead atoms. The summed E-state index contributed by atoms with van der Waals surface area (Å²) < 4.78 is 7.32. The molecule has 0 saturated heterocycles. The summed E-state index contributed by atoms with van der Waals surface area (Å²) in [6.45, 7) is 6.88. The van der Waals surface area contributed by atoms with Gasteiger partial charge in [-0.3, -0.25) is 4.79 Å². The zero-order valence-electron chi connectivity index (χ0n) is 6.99. The van der Waals surface area contributed by atoms with Crippen molar-refractivity contribution in [3.63, 3.8) is 0 Å². The van der Waals surface area contributed by atoms with E-state index in [1.807, 2.05) is 13.8 Å². The van der Waals surface area contributed by atoms with Crippen molar-refractivity contribution in [3.8, 4) is 0 Å². The molecule has 1 nitrogen and oxygen atoms in total. The van der Waals surface area contributed by atoms with Crippen LogP contribution in [0.1, 0.15) is 29.1 Å². The Morgan fingerprint density at radius 1 is 1.38 bits per heavy atom. The molecule has 0 atom stereocenters. The van der Waals surface area contributed by atoms with E-state index >= 15 is 0 Å². The molecule has 0 fully saturated rings.